The van der Waals surface area contributed by atoms with Crippen LogP contribution in [-0.2, 0) is 15.1 Å². The van der Waals surface area contributed by atoms with Gasteiger partial charge in [0.05, 0.1) is 30.8 Å². The predicted molar refractivity (Wildman–Crippen MR) is 127 cm³/mol. The number of carbonyl (C=O) groups excluding carboxylic acids is 1. The molecule has 1 N–H and O–H groups in total. The zero-order valence-electron chi connectivity index (χ0n) is 20.1. The van der Waals surface area contributed by atoms with Crippen molar-refractivity contribution < 1.29 is 27.4 Å². The molecule has 2 heterocycles. The highest BCUT2D eigenvalue weighted by Gasteiger charge is 2.43. The number of nitrogens with one attached hydrogen (secondary N) is 1. The minimum absolute atomic E-state index is 0.0328. The summed E-state index contributed by atoms with van der Waals surface area (Å²) in [4.78, 5) is 18.2. The number of nitrogens with zero attached hydrogens (tertiary/aromatic N) is 2. The molecular formula is C26H28F3N3O3. The molecule has 1 amide bonds. The van der Waals surface area contributed by atoms with Crippen LogP contribution >= 0.6 is 0 Å². The fourth-order valence-electron chi connectivity index (χ4n) is 4.75. The predicted octanol–water partition coefficient (Wildman–Crippen LogP) is 5.59. The second kappa shape index (κ2) is 9.73. The minimum atomic E-state index is -2.90. The van der Waals surface area contributed by atoms with Gasteiger partial charge in [0.25, 0.3) is 6.43 Å². The summed E-state index contributed by atoms with van der Waals surface area (Å²) in [5.41, 5.74) is 0.817. The molecule has 0 spiro atoms. The Kier molecular flexibility index (Phi) is 6.89. The minimum Gasteiger partial charge on any atom is -0.496 e. The summed E-state index contributed by atoms with van der Waals surface area (Å²) in [5, 5.41) is 3.98. The lowest BCUT2D eigenvalue weighted by Gasteiger charge is -2.30. The van der Waals surface area contributed by atoms with Crippen LogP contribution in [0.15, 0.2) is 42.6 Å². The number of methoxy groups -OCH3 is 2. The van der Waals surface area contributed by atoms with E-state index in [4.69, 9.17) is 9.47 Å². The van der Waals surface area contributed by atoms with Crippen LogP contribution in [0.3, 0.4) is 0 Å². The van der Waals surface area contributed by atoms with Crippen LogP contribution in [0.25, 0.3) is 10.9 Å². The molecule has 1 aliphatic heterocycles. The van der Waals surface area contributed by atoms with Crippen LogP contribution in [0.1, 0.15) is 49.4 Å². The zero-order valence-corrected chi connectivity index (χ0v) is 20.1. The number of halogens is 3. The Balaban J connectivity index is 1.77. The first-order chi connectivity index (χ1) is 16.7. The van der Waals surface area contributed by atoms with Gasteiger partial charge in [-0.25, -0.2) is 13.2 Å². The lowest BCUT2D eigenvalue weighted by atomic mass is 9.90. The standard InChI is InChI=1S/C26H28F3N3O3/c1-15(17-6-5-7-18(24(17)27)25(28)29)31-21-8-10-30-22-13-23(34-3)20(12-19(21)22)26(35-4)9-11-32(14-26)16(2)33/h5-8,10,12-13,15,25H,9,11,14H2,1-4H3,(H,30,31)/t15-,26?/m1/s1. The molecule has 35 heavy (non-hydrogen) atoms. The number of alkyl halides is 2. The van der Waals surface area contributed by atoms with Gasteiger partial charge >= 0.3 is 0 Å². The fraction of sp³-hybridized carbons (Fsp3) is 0.385. The third-order valence-electron chi connectivity index (χ3n) is 6.75. The maximum atomic E-state index is 14.8. The third-order valence-corrected chi connectivity index (χ3v) is 6.75. The molecule has 0 radical (unpaired) electrons. The van der Waals surface area contributed by atoms with Crippen molar-refractivity contribution in [3.63, 3.8) is 0 Å². The van der Waals surface area contributed by atoms with E-state index < -0.39 is 29.4 Å². The fourth-order valence-corrected chi connectivity index (χ4v) is 4.75. The Morgan fingerprint density at radius 3 is 2.57 bits per heavy atom. The number of anilines is 1. The Labute approximate surface area is 202 Å². The lowest BCUT2D eigenvalue weighted by molar-refractivity contribution is -0.129. The number of amides is 1. The molecule has 6 nitrogen and oxygen atoms in total. The molecule has 3 aromatic rings. The van der Waals surface area contributed by atoms with E-state index in [2.05, 4.69) is 10.3 Å². The van der Waals surface area contributed by atoms with Crippen molar-refractivity contribution in [3.05, 3.63) is 65.1 Å². The smallest absolute Gasteiger partial charge is 0.266 e. The first-order valence-electron chi connectivity index (χ1n) is 11.3. The molecule has 9 heteroatoms. The summed E-state index contributed by atoms with van der Waals surface area (Å²) in [6.45, 7) is 4.17. The molecule has 2 aromatic carbocycles. The Bertz CT molecular complexity index is 1250. The molecule has 0 aliphatic carbocycles. The quantitative estimate of drug-likeness (QED) is 0.471. The molecule has 1 fully saturated rings. The number of rotatable bonds is 7. The highest BCUT2D eigenvalue weighted by molar-refractivity contribution is 5.93. The zero-order chi connectivity index (χ0) is 25.3. The van der Waals surface area contributed by atoms with Crippen molar-refractivity contribution >= 4 is 22.5 Å². The Morgan fingerprint density at radius 2 is 1.94 bits per heavy atom. The third kappa shape index (κ3) is 4.52. The van der Waals surface area contributed by atoms with Gasteiger partial charge in [0.15, 0.2) is 0 Å². The summed E-state index contributed by atoms with van der Waals surface area (Å²) < 4.78 is 52.8. The Morgan fingerprint density at radius 1 is 1.20 bits per heavy atom. The number of likely N-dealkylation sites (tertiary alicyclic amines) is 1. The summed E-state index contributed by atoms with van der Waals surface area (Å²) in [5.74, 6) is -0.371. The molecule has 0 bridgehead atoms. The molecule has 1 unspecified atom stereocenters. The normalized spacial score (nSPS) is 18.8. The number of carbonyl (C=O) groups is 1. The molecule has 186 valence electrons. The van der Waals surface area contributed by atoms with E-state index in [0.29, 0.717) is 36.5 Å². The van der Waals surface area contributed by atoms with Gasteiger partial charge in [-0.1, -0.05) is 18.2 Å². The van der Waals surface area contributed by atoms with E-state index in [1.165, 1.54) is 19.1 Å². The van der Waals surface area contributed by atoms with Gasteiger partial charge in [0.2, 0.25) is 5.91 Å². The number of benzene rings is 2. The van der Waals surface area contributed by atoms with Gasteiger partial charge in [-0.15, -0.1) is 0 Å². The molecule has 2 atom stereocenters. The topological polar surface area (TPSA) is 63.7 Å². The average molecular weight is 488 g/mol. The summed E-state index contributed by atoms with van der Waals surface area (Å²) in [6.07, 6.45) is -0.692. The van der Waals surface area contributed by atoms with Gasteiger partial charge in [-0.3, -0.25) is 9.78 Å². The summed E-state index contributed by atoms with van der Waals surface area (Å²) in [6, 6.07) is 8.87. The van der Waals surface area contributed by atoms with Crippen molar-refractivity contribution in [3.8, 4) is 5.75 Å². The second-order valence-corrected chi connectivity index (χ2v) is 8.73. The molecular weight excluding hydrogens is 459 g/mol. The van der Waals surface area contributed by atoms with Gasteiger partial charge in [0.1, 0.15) is 17.2 Å². The average Bonchev–Trinajstić information content (AvgIpc) is 3.29. The summed E-state index contributed by atoms with van der Waals surface area (Å²) >= 11 is 0. The first-order valence-corrected chi connectivity index (χ1v) is 11.3. The van der Waals surface area contributed by atoms with Crippen LogP contribution in [0.5, 0.6) is 5.75 Å². The van der Waals surface area contributed by atoms with Crippen molar-refractivity contribution in [1.29, 1.82) is 0 Å². The number of pyridine rings is 1. The van der Waals surface area contributed by atoms with Gasteiger partial charge in [0, 0.05) is 61.5 Å². The number of hydrogen-bond donors (Lipinski definition) is 1. The SMILES string of the molecule is COc1cc2nccc(N[C@H](C)c3cccc(C(F)F)c3F)c2cc1C1(OC)CCN(C(C)=O)C1. The van der Waals surface area contributed by atoms with Crippen LogP contribution in [0.4, 0.5) is 18.9 Å². The maximum Gasteiger partial charge on any atom is 0.266 e. The number of hydrogen-bond acceptors (Lipinski definition) is 5. The van der Waals surface area contributed by atoms with E-state index in [1.54, 1.807) is 44.4 Å². The monoisotopic (exact) mass is 487 g/mol. The highest BCUT2D eigenvalue weighted by atomic mass is 19.3. The number of fused-ring (bicyclic) bond motifs is 1. The largest absolute Gasteiger partial charge is 0.496 e. The highest BCUT2D eigenvalue weighted by Crippen LogP contribution is 2.43. The van der Waals surface area contributed by atoms with E-state index >= 15 is 0 Å². The van der Waals surface area contributed by atoms with Crippen molar-refractivity contribution in [2.75, 3.05) is 32.6 Å². The van der Waals surface area contributed by atoms with Crippen LogP contribution in [-0.4, -0.2) is 43.1 Å². The molecule has 4 rings (SSSR count). The Hall–Kier alpha value is -3.33. The van der Waals surface area contributed by atoms with Crippen LogP contribution < -0.4 is 10.1 Å². The molecule has 1 aliphatic rings. The van der Waals surface area contributed by atoms with Gasteiger partial charge < -0.3 is 19.7 Å². The number of aromatic nitrogens is 1. The second-order valence-electron chi connectivity index (χ2n) is 8.73. The van der Waals surface area contributed by atoms with Crippen molar-refractivity contribution in [2.24, 2.45) is 0 Å². The molecule has 1 saturated heterocycles. The van der Waals surface area contributed by atoms with Crippen LogP contribution in [0, 0.1) is 5.82 Å². The van der Waals surface area contributed by atoms with Crippen LogP contribution in [0.2, 0.25) is 0 Å². The lowest BCUT2D eigenvalue weighted by Crippen LogP contribution is -2.35. The van der Waals surface area contributed by atoms with Crippen molar-refractivity contribution in [1.82, 2.24) is 9.88 Å². The van der Waals surface area contributed by atoms with Gasteiger partial charge in [-0.2, -0.15) is 0 Å². The van der Waals surface area contributed by atoms with E-state index in [0.717, 1.165) is 17.0 Å². The van der Waals surface area contributed by atoms with Gasteiger partial charge in [-0.05, 0) is 19.1 Å². The molecule has 0 saturated carbocycles. The van der Waals surface area contributed by atoms with E-state index in [-0.39, 0.29) is 11.5 Å². The summed E-state index contributed by atoms with van der Waals surface area (Å²) in [7, 11) is 3.17. The van der Waals surface area contributed by atoms with E-state index in [9.17, 15) is 18.0 Å². The van der Waals surface area contributed by atoms with E-state index in [1.807, 2.05) is 6.07 Å². The number of ether oxygens (including phenoxy) is 2. The maximum absolute atomic E-state index is 14.8. The van der Waals surface area contributed by atoms with Crippen molar-refractivity contribution in [2.45, 2.75) is 38.3 Å². The first kappa shape index (κ1) is 24.8. The molecule has 1 aromatic heterocycles.